The summed E-state index contributed by atoms with van der Waals surface area (Å²) in [6, 6.07) is 25.7. The van der Waals surface area contributed by atoms with E-state index in [0.29, 0.717) is 0 Å². The van der Waals surface area contributed by atoms with E-state index in [9.17, 15) is 0 Å². The first-order chi connectivity index (χ1) is 13.7. The molecule has 3 heteroatoms. The lowest BCUT2D eigenvalue weighted by Gasteiger charge is -2.24. The number of terminal acetylenes is 1. The van der Waals surface area contributed by atoms with Crippen LogP contribution >= 0.6 is 0 Å². The zero-order valence-electron chi connectivity index (χ0n) is 15.6. The molecule has 0 spiro atoms. The average Bonchev–Trinajstić information content (AvgIpc) is 3.21. The monoisotopic (exact) mass is 389 g/mol. The van der Waals surface area contributed by atoms with Gasteiger partial charge in [0.2, 0.25) is 0 Å². The van der Waals surface area contributed by atoms with Crippen LogP contribution in [-0.4, -0.2) is 5.60 Å². The van der Waals surface area contributed by atoms with Gasteiger partial charge in [-0.2, -0.15) is 0 Å². The molecule has 0 N–H and O–H groups in total. The molecule has 0 atom stereocenters. The van der Waals surface area contributed by atoms with Gasteiger partial charge in [0.15, 0.2) is 31.9 Å². The maximum atomic E-state index is 15.0. The quantitative estimate of drug-likeness (QED) is 0.370. The fourth-order valence-corrected chi connectivity index (χ4v) is 5.75. The highest BCUT2D eigenvalue weighted by Gasteiger charge is 2.35. The van der Waals surface area contributed by atoms with E-state index in [4.69, 9.17) is 11.2 Å². The third-order valence-electron chi connectivity index (χ3n) is 5.08. The Kier molecular flexibility index (Phi) is 5.41. The summed E-state index contributed by atoms with van der Waals surface area (Å²) in [4.78, 5) is 3.22. The molecule has 140 valence electrons. The van der Waals surface area contributed by atoms with E-state index in [1.807, 2.05) is 42.5 Å². The predicted octanol–water partition coefficient (Wildman–Crippen LogP) is 6.25. The first kappa shape index (κ1) is 18.7. The summed E-state index contributed by atoms with van der Waals surface area (Å²) >= 11 is 0. The summed E-state index contributed by atoms with van der Waals surface area (Å²) in [5.74, 6) is 2.64. The summed E-state index contributed by atoms with van der Waals surface area (Å²) in [5, 5.41) is 0. The first-order valence-corrected chi connectivity index (χ1v) is 10.7. The largest absolute Gasteiger partial charge is 0.472 e. The molecule has 0 unspecified atom stereocenters. The van der Waals surface area contributed by atoms with E-state index in [1.54, 1.807) is 12.1 Å². The maximum absolute atomic E-state index is 15.0. The van der Waals surface area contributed by atoms with Crippen LogP contribution in [0.1, 0.15) is 25.7 Å². The third-order valence-corrected chi connectivity index (χ3v) is 7.29. The van der Waals surface area contributed by atoms with Crippen LogP contribution in [-0.2, 0) is 10.9 Å². The van der Waals surface area contributed by atoms with Crippen molar-refractivity contribution >= 4 is 10.9 Å². The summed E-state index contributed by atoms with van der Waals surface area (Å²) < 4.78 is 21.0. The van der Waals surface area contributed by atoms with Gasteiger partial charge in [-0.05, 0) is 62.1 Å². The molecule has 0 aromatic heterocycles. The number of halogens is 1. The molecule has 1 aliphatic rings. The number of hydrogen-bond donors (Lipinski definition) is 0. The van der Waals surface area contributed by atoms with E-state index in [-0.39, 0.29) is 22.5 Å². The van der Waals surface area contributed by atoms with Crippen molar-refractivity contribution in [2.75, 3.05) is 0 Å². The lowest BCUT2D eigenvalue weighted by molar-refractivity contribution is 0.132. The smallest absolute Gasteiger partial charge is 0.170 e. The SMILES string of the molecule is C#CC1(Oc2ccc([S+](c3ccccc3)c3ccccc3)cc2F)CCCC1. The number of ether oxygens (including phenoxy) is 1. The van der Waals surface area contributed by atoms with Crippen molar-refractivity contribution < 1.29 is 9.13 Å². The van der Waals surface area contributed by atoms with Crippen LogP contribution in [0.5, 0.6) is 5.75 Å². The van der Waals surface area contributed by atoms with E-state index in [2.05, 4.69) is 30.2 Å². The van der Waals surface area contributed by atoms with Crippen molar-refractivity contribution in [1.82, 2.24) is 0 Å². The summed E-state index contributed by atoms with van der Waals surface area (Å²) in [5.41, 5.74) is -0.664. The molecule has 3 aromatic carbocycles. The molecular weight excluding hydrogens is 367 g/mol. The Hall–Kier alpha value is -2.70. The highest BCUT2D eigenvalue weighted by Crippen LogP contribution is 2.37. The number of benzene rings is 3. The minimum absolute atomic E-state index is 0.244. The Labute approximate surface area is 168 Å². The molecule has 0 bridgehead atoms. The van der Waals surface area contributed by atoms with Crippen molar-refractivity contribution in [3.8, 4) is 18.1 Å². The van der Waals surface area contributed by atoms with Gasteiger partial charge in [-0.3, -0.25) is 0 Å². The average molecular weight is 390 g/mol. The molecule has 4 rings (SSSR count). The fraction of sp³-hybridized carbons (Fsp3) is 0.200. The van der Waals surface area contributed by atoms with Gasteiger partial charge in [-0.1, -0.05) is 42.3 Å². The lowest BCUT2D eigenvalue weighted by atomic mass is 10.0. The van der Waals surface area contributed by atoms with E-state index in [0.717, 1.165) is 40.4 Å². The van der Waals surface area contributed by atoms with Gasteiger partial charge in [0.05, 0.1) is 10.9 Å². The van der Waals surface area contributed by atoms with Gasteiger partial charge in [0.25, 0.3) is 0 Å². The van der Waals surface area contributed by atoms with Crippen molar-refractivity contribution in [3.05, 3.63) is 84.7 Å². The van der Waals surface area contributed by atoms with E-state index < -0.39 is 5.60 Å². The van der Waals surface area contributed by atoms with Crippen LogP contribution in [0, 0.1) is 18.2 Å². The highest BCUT2D eigenvalue weighted by molar-refractivity contribution is 7.97. The minimum Gasteiger partial charge on any atom is -0.472 e. The van der Waals surface area contributed by atoms with Crippen molar-refractivity contribution in [2.45, 2.75) is 46.0 Å². The standard InChI is InChI=1S/C25H22FOS/c1-2-25(17-9-10-18-25)27-24-16-15-22(19-23(24)26)28(20-11-5-3-6-12-20)21-13-7-4-8-14-21/h1,3-8,11-16,19H,9-10,17-18H2/q+1. The molecule has 28 heavy (non-hydrogen) atoms. The van der Waals surface area contributed by atoms with Crippen LogP contribution in [0.3, 0.4) is 0 Å². The second-order valence-electron chi connectivity index (χ2n) is 6.97. The molecule has 0 saturated heterocycles. The topological polar surface area (TPSA) is 9.23 Å². The van der Waals surface area contributed by atoms with Gasteiger partial charge >= 0.3 is 0 Å². The second kappa shape index (κ2) is 8.12. The highest BCUT2D eigenvalue weighted by atomic mass is 32.2. The molecule has 0 heterocycles. The summed E-state index contributed by atoms with van der Waals surface area (Å²) in [6.07, 6.45) is 9.31. The van der Waals surface area contributed by atoms with Crippen molar-refractivity contribution in [1.29, 1.82) is 0 Å². The molecule has 1 saturated carbocycles. The van der Waals surface area contributed by atoms with Crippen molar-refractivity contribution in [2.24, 2.45) is 0 Å². The summed E-state index contributed by atoms with van der Waals surface area (Å²) in [6.45, 7) is 0. The zero-order chi connectivity index (χ0) is 19.4. The molecule has 1 nitrogen and oxygen atoms in total. The Morgan fingerprint density at radius 2 is 1.39 bits per heavy atom. The molecule has 3 aromatic rings. The van der Waals surface area contributed by atoms with Crippen molar-refractivity contribution in [3.63, 3.8) is 0 Å². The molecule has 0 aliphatic heterocycles. The first-order valence-electron chi connectivity index (χ1n) is 9.51. The lowest BCUT2D eigenvalue weighted by Crippen LogP contribution is -2.30. The normalized spacial score (nSPS) is 15.3. The van der Waals surface area contributed by atoms with Crippen LogP contribution in [0.4, 0.5) is 4.39 Å². The van der Waals surface area contributed by atoms with Crippen LogP contribution in [0.25, 0.3) is 0 Å². The fourth-order valence-electron chi connectivity index (χ4n) is 3.65. The second-order valence-corrected chi connectivity index (χ2v) is 9.00. The molecule has 0 radical (unpaired) electrons. The van der Waals surface area contributed by atoms with Gasteiger partial charge in [0, 0.05) is 6.07 Å². The Morgan fingerprint density at radius 1 is 0.821 bits per heavy atom. The van der Waals surface area contributed by atoms with Gasteiger partial charge in [0.1, 0.15) is 0 Å². The van der Waals surface area contributed by atoms with E-state index in [1.165, 1.54) is 0 Å². The Balaban J connectivity index is 1.70. The third kappa shape index (κ3) is 3.79. The predicted molar refractivity (Wildman–Crippen MR) is 112 cm³/mol. The number of rotatable bonds is 5. The van der Waals surface area contributed by atoms with E-state index >= 15 is 4.39 Å². The van der Waals surface area contributed by atoms with Crippen LogP contribution in [0.2, 0.25) is 0 Å². The number of hydrogen-bond acceptors (Lipinski definition) is 1. The van der Waals surface area contributed by atoms with Crippen LogP contribution in [0.15, 0.2) is 93.5 Å². The maximum Gasteiger partial charge on any atom is 0.170 e. The molecule has 0 amide bonds. The Morgan fingerprint density at radius 3 is 1.89 bits per heavy atom. The Bertz CT molecular complexity index is 933. The molecule has 1 fully saturated rings. The van der Waals surface area contributed by atoms with Gasteiger partial charge in [-0.25, -0.2) is 4.39 Å². The van der Waals surface area contributed by atoms with Crippen LogP contribution < -0.4 is 4.74 Å². The molecule has 1 aliphatic carbocycles. The summed E-state index contributed by atoms with van der Waals surface area (Å²) in [7, 11) is -0.385. The minimum atomic E-state index is -0.664. The zero-order valence-corrected chi connectivity index (χ0v) is 16.4. The van der Waals surface area contributed by atoms with Gasteiger partial charge < -0.3 is 4.74 Å². The van der Waals surface area contributed by atoms with Gasteiger partial charge in [-0.15, -0.1) is 6.42 Å². The molecular formula is C25H22FOS+.